The fraction of sp³-hybridized carbons (Fsp3) is 0.182. The molecule has 0 bridgehead atoms. The highest BCUT2D eigenvalue weighted by atomic mass is 16.1. The van der Waals surface area contributed by atoms with Crippen LogP contribution in [0.4, 0.5) is 5.82 Å². The number of benzene rings is 1. The van der Waals surface area contributed by atoms with Gasteiger partial charge in [0.25, 0.3) is 5.56 Å². The molecule has 1 aromatic carbocycles. The van der Waals surface area contributed by atoms with E-state index in [-0.39, 0.29) is 5.56 Å². The zero-order valence-corrected chi connectivity index (χ0v) is 8.53. The largest absolute Gasteiger partial charge is 0.384 e. The predicted molar refractivity (Wildman–Crippen MR) is 59.7 cm³/mol. The third-order valence-electron chi connectivity index (χ3n) is 2.30. The van der Waals surface area contributed by atoms with Gasteiger partial charge in [-0.2, -0.15) is 0 Å². The van der Waals surface area contributed by atoms with E-state index in [1.807, 2.05) is 31.2 Å². The van der Waals surface area contributed by atoms with E-state index in [9.17, 15) is 4.79 Å². The van der Waals surface area contributed by atoms with E-state index in [4.69, 9.17) is 5.73 Å². The molecule has 0 aliphatic carbocycles. The monoisotopic (exact) mass is 203 g/mol. The Morgan fingerprint density at radius 2 is 2.00 bits per heavy atom. The van der Waals surface area contributed by atoms with Crippen LogP contribution in [0.5, 0.6) is 0 Å². The maximum Gasteiger partial charge on any atom is 0.266 e. The third-order valence-corrected chi connectivity index (χ3v) is 2.30. The van der Waals surface area contributed by atoms with Crippen LogP contribution in [-0.2, 0) is 6.54 Å². The van der Waals surface area contributed by atoms with Crippen molar-refractivity contribution < 1.29 is 0 Å². The van der Waals surface area contributed by atoms with E-state index in [0.717, 1.165) is 5.56 Å². The van der Waals surface area contributed by atoms with E-state index >= 15 is 0 Å². The molecule has 0 spiro atoms. The highest BCUT2D eigenvalue weighted by molar-refractivity contribution is 5.28. The number of rotatable bonds is 2. The summed E-state index contributed by atoms with van der Waals surface area (Å²) in [5.74, 6) is 0.459. The molecule has 4 nitrogen and oxygen atoms in total. The molecule has 0 aliphatic rings. The summed E-state index contributed by atoms with van der Waals surface area (Å²) in [4.78, 5) is 11.0. The summed E-state index contributed by atoms with van der Waals surface area (Å²) in [6.45, 7) is 2.63. The number of nitrogens with zero attached hydrogens (tertiary/aromatic N) is 1. The number of nitrogen functional groups attached to an aromatic ring is 1. The van der Waals surface area contributed by atoms with Gasteiger partial charge in [0.2, 0.25) is 0 Å². The van der Waals surface area contributed by atoms with Crippen LogP contribution < -0.4 is 11.3 Å². The molecule has 0 radical (unpaired) electrons. The molecular weight excluding hydrogens is 190 g/mol. The first-order chi connectivity index (χ1) is 7.15. The first kappa shape index (κ1) is 9.58. The summed E-state index contributed by atoms with van der Waals surface area (Å²) < 4.78 is 1.63. The van der Waals surface area contributed by atoms with Gasteiger partial charge in [0, 0.05) is 6.07 Å². The van der Waals surface area contributed by atoms with Gasteiger partial charge >= 0.3 is 0 Å². The minimum atomic E-state index is -0.167. The minimum Gasteiger partial charge on any atom is -0.384 e. The number of anilines is 1. The molecule has 15 heavy (non-hydrogen) atoms. The number of aromatic nitrogens is 2. The van der Waals surface area contributed by atoms with Crippen molar-refractivity contribution in [1.82, 2.24) is 9.78 Å². The smallest absolute Gasteiger partial charge is 0.266 e. The molecule has 0 fully saturated rings. The lowest BCUT2D eigenvalue weighted by atomic mass is 10.1. The first-order valence-corrected chi connectivity index (χ1v) is 4.76. The van der Waals surface area contributed by atoms with Crippen molar-refractivity contribution in [3.63, 3.8) is 0 Å². The quantitative estimate of drug-likeness (QED) is 0.768. The first-order valence-electron chi connectivity index (χ1n) is 4.76. The van der Waals surface area contributed by atoms with Gasteiger partial charge in [-0.3, -0.25) is 14.6 Å². The van der Waals surface area contributed by atoms with Crippen molar-refractivity contribution in [3.8, 4) is 0 Å². The van der Waals surface area contributed by atoms with Crippen LogP contribution in [0.25, 0.3) is 0 Å². The molecule has 2 rings (SSSR count). The van der Waals surface area contributed by atoms with Crippen molar-refractivity contribution >= 4 is 5.82 Å². The number of nitrogens with one attached hydrogen (secondary N) is 1. The van der Waals surface area contributed by atoms with Crippen LogP contribution in [0.1, 0.15) is 11.1 Å². The summed E-state index contributed by atoms with van der Waals surface area (Å²) in [5.41, 5.74) is 7.81. The molecule has 2 aromatic rings. The number of hydrogen-bond acceptors (Lipinski definition) is 2. The van der Waals surface area contributed by atoms with Gasteiger partial charge in [-0.15, -0.1) is 0 Å². The Bertz CT molecular complexity index is 507. The molecule has 1 aromatic heterocycles. The Kier molecular flexibility index (Phi) is 2.33. The van der Waals surface area contributed by atoms with Crippen molar-refractivity contribution in [2.24, 2.45) is 0 Å². The molecule has 0 unspecified atom stereocenters. The zero-order chi connectivity index (χ0) is 10.8. The molecule has 3 N–H and O–H groups in total. The SMILES string of the molecule is Cc1ccc(Cn2[nH]c(=O)cc2N)cc1. The molecule has 0 amide bonds. The molecule has 0 aliphatic heterocycles. The predicted octanol–water partition coefficient (Wildman–Crippen LogP) is 1.12. The van der Waals surface area contributed by atoms with Crippen LogP contribution in [0, 0.1) is 6.92 Å². The minimum absolute atomic E-state index is 0.167. The molecule has 0 saturated heterocycles. The van der Waals surface area contributed by atoms with E-state index in [0.29, 0.717) is 12.4 Å². The Balaban J connectivity index is 2.25. The standard InChI is InChI=1S/C11H13N3O/c1-8-2-4-9(5-3-8)7-14-10(12)6-11(15)13-14/h2-6H,7,12H2,1H3,(H,13,15). The van der Waals surface area contributed by atoms with Crippen molar-refractivity contribution in [1.29, 1.82) is 0 Å². The summed E-state index contributed by atoms with van der Waals surface area (Å²) in [6, 6.07) is 9.49. The zero-order valence-electron chi connectivity index (χ0n) is 8.53. The third kappa shape index (κ3) is 2.10. The molecular formula is C11H13N3O. The van der Waals surface area contributed by atoms with Crippen LogP contribution >= 0.6 is 0 Å². The van der Waals surface area contributed by atoms with Crippen molar-refractivity contribution in [3.05, 3.63) is 51.8 Å². The van der Waals surface area contributed by atoms with E-state index in [1.165, 1.54) is 11.6 Å². The van der Waals surface area contributed by atoms with Gasteiger partial charge in [-0.1, -0.05) is 29.8 Å². The number of aromatic amines is 1. The average Bonchev–Trinajstić information content (AvgIpc) is 2.49. The highest BCUT2D eigenvalue weighted by Gasteiger charge is 2.00. The van der Waals surface area contributed by atoms with Gasteiger partial charge in [0.05, 0.1) is 6.54 Å². The van der Waals surface area contributed by atoms with Crippen LogP contribution in [0.2, 0.25) is 0 Å². The Morgan fingerprint density at radius 1 is 1.33 bits per heavy atom. The fourth-order valence-corrected chi connectivity index (χ4v) is 1.45. The van der Waals surface area contributed by atoms with Crippen LogP contribution in [0.3, 0.4) is 0 Å². The van der Waals surface area contributed by atoms with E-state index in [2.05, 4.69) is 5.10 Å². The summed E-state index contributed by atoms with van der Waals surface area (Å²) in [7, 11) is 0. The molecule has 78 valence electrons. The molecule has 0 saturated carbocycles. The fourth-order valence-electron chi connectivity index (χ4n) is 1.45. The Labute approximate surface area is 87.3 Å². The second-order valence-corrected chi connectivity index (χ2v) is 3.62. The Morgan fingerprint density at radius 3 is 2.53 bits per heavy atom. The second kappa shape index (κ2) is 3.65. The van der Waals surface area contributed by atoms with E-state index in [1.54, 1.807) is 4.68 Å². The summed E-state index contributed by atoms with van der Waals surface area (Å²) >= 11 is 0. The second-order valence-electron chi connectivity index (χ2n) is 3.62. The lowest BCUT2D eigenvalue weighted by Crippen LogP contribution is -2.08. The van der Waals surface area contributed by atoms with Gasteiger partial charge in [-0.05, 0) is 12.5 Å². The summed E-state index contributed by atoms with van der Waals surface area (Å²) in [6.07, 6.45) is 0. The maximum atomic E-state index is 11.0. The van der Waals surface area contributed by atoms with Crippen molar-refractivity contribution in [2.45, 2.75) is 13.5 Å². The normalized spacial score (nSPS) is 10.5. The molecule has 1 heterocycles. The van der Waals surface area contributed by atoms with Gasteiger partial charge in [-0.25, -0.2) is 0 Å². The average molecular weight is 203 g/mol. The van der Waals surface area contributed by atoms with E-state index < -0.39 is 0 Å². The van der Waals surface area contributed by atoms with Crippen molar-refractivity contribution in [2.75, 3.05) is 5.73 Å². The van der Waals surface area contributed by atoms with Gasteiger partial charge in [0.1, 0.15) is 5.82 Å². The lowest BCUT2D eigenvalue weighted by molar-refractivity contribution is 0.689. The summed E-state index contributed by atoms with van der Waals surface area (Å²) in [5, 5.41) is 2.64. The maximum absolute atomic E-state index is 11.0. The lowest BCUT2D eigenvalue weighted by Gasteiger charge is -2.05. The van der Waals surface area contributed by atoms with Gasteiger partial charge in [0.15, 0.2) is 0 Å². The van der Waals surface area contributed by atoms with Crippen LogP contribution in [-0.4, -0.2) is 9.78 Å². The topological polar surface area (TPSA) is 63.8 Å². The number of H-pyrrole nitrogens is 1. The van der Waals surface area contributed by atoms with Crippen LogP contribution in [0.15, 0.2) is 35.1 Å². The number of nitrogens with two attached hydrogens (primary N) is 1. The number of hydrogen-bond donors (Lipinski definition) is 2. The number of aryl methyl sites for hydroxylation is 1. The highest BCUT2D eigenvalue weighted by Crippen LogP contribution is 2.06. The Hall–Kier alpha value is -1.97. The molecule has 0 atom stereocenters. The van der Waals surface area contributed by atoms with Gasteiger partial charge < -0.3 is 5.73 Å². The molecule has 4 heteroatoms.